The van der Waals surface area contributed by atoms with Gasteiger partial charge in [-0.25, -0.2) is 14.0 Å². The molecule has 0 fully saturated rings. The van der Waals surface area contributed by atoms with Crippen molar-refractivity contribution in [2.24, 2.45) is 0 Å². The molecule has 1 aromatic carbocycles. The molecular weight excluding hydrogens is 564 g/mol. The van der Waals surface area contributed by atoms with Crippen molar-refractivity contribution in [2.45, 2.75) is 26.4 Å². The molecule has 11 nitrogen and oxygen atoms in total. The van der Waals surface area contributed by atoms with E-state index in [1.807, 2.05) is 41.8 Å². The van der Waals surface area contributed by atoms with Crippen molar-refractivity contribution in [1.82, 2.24) is 24.6 Å². The van der Waals surface area contributed by atoms with Gasteiger partial charge in [-0.1, -0.05) is 18.2 Å². The number of nitrogens with zero attached hydrogens (tertiary/aromatic N) is 3. The number of nitrogens with one attached hydrogen (secondary N) is 3. The van der Waals surface area contributed by atoms with Crippen LogP contribution < -0.4 is 16.0 Å². The summed E-state index contributed by atoms with van der Waals surface area (Å²) in [5.74, 6) is -0.794. The highest BCUT2D eigenvalue weighted by Crippen LogP contribution is 2.28. The zero-order valence-corrected chi connectivity index (χ0v) is 24.4. The Morgan fingerprint density at radius 3 is 2.54 bits per heavy atom. The van der Waals surface area contributed by atoms with Crippen LogP contribution in [0.2, 0.25) is 0 Å². The van der Waals surface area contributed by atoms with Crippen LogP contribution in [0.5, 0.6) is 0 Å². The van der Waals surface area contributed by atoms with Crippen LogP contribution in [0.1, 0.15) is 31.1 Å². The van der Waals surface area contributed by atoms with E-state index < -0.39 is 34.5 Å². The normalized spacial score (nSPS) is 11.9. The van der Waals surface area contributed by atoms with Crippen LogP contribution in [-0.2, 0) is 20.5 Å². The first-order valence-corrected chi connectivity index (χ1v) is 14.8. The maximum absolute atomic E-state index is 12.5. The van der Waals surface area contributed by atoms with Gasteiger partial charge in [0, 0.05) is 42.3 Å². The van der Waals surface area contributed by atoms with Gasteiger partial charge in [0.2, 0.25) is 5.91 Å². The molecule has 3 aromatic heterocycles. The molecule has 1 unspecified atom stereocenters. The number of hydrogen-bond acceptors (Lipinski definition) is 8. The zero-order valence-electron chi connectivity index (χ0n) is 22.7. The molecule has 3 heterocycles. The second kappa shape index (κ2) is 13.3. The van der Waals surface area contributed by atoms with Crippen LogP contribution in [0.4, 0.5) is 9.93 Å². The predicted octanol–water partition coefficient (Wildman–Crippen LogP) is 4.08. The van der Waals surface area contributed by atoms with E-state index in [1.54, 1.807) is 33.2 Å². The number of carbonyl (C=O) groups is 3. The Kier molecular flexibility index (Phi) is 9.63. The first-order chi connectivity index (χ1) is 19.6. The lowest BCUT2D eigenvalue weighted by Gasteiger charge is -2.19. The Morgan fingerprint density at radius 1 is 1.02 bits per heavy atom. The molecule has 3 amide bonds. The third-order valence-electron chi connectivity index (χ3n) is 5.44. The average molecular weight is 595 g/mol. The molecule has 0 saturated carbocycles. The second-order valence-corrected chi connectivity index (χ2v) is 12.1. The van der Waals surface area contributed by atoms with Crippen molar-refractivity contribution >= 4 is 45.4 Å². The molecule has 0 radical (unpaired) electrons. The molecule has 0 aliphatic heterocycles. The maximum Gasteiger partial charge on any atom is 0.407 e. The van der Waals surface area contributed by atoms with Crippen LogP contribution in [0, 0.1) is 0 Å². The van der Waals surface area contributed by atoms with E-state index in [1.165, 1.54) is 33.8 Å². The minimum absolute atomic E-state index is 0.126. The molecule has 41 heavy (non-hydrogen) atoms. The van der Waals surface area contributed by atoms with Gasteiger partial charge in [-0.2, -0.15) is 0 Å². The number of thiazole rings is 1. The Balaban J connectivity index is 1.24. The molecule has 0 aliphatic carbocycles. The van der Waals surface area contributed by atoms with Crippen molar-refractivity contribution in [2.75, 3.05) is 24.2 Å². The van der Waals surface area contributed by atoms with E-state index in [0.717, 1.165) is 22.4 Å². The lowest BCUT2D eigenvalue weighted by Crippen LogP contribution is -2.34. The lowest BCUT2D eigenvalue weighted by molar-refractivity contribution is -0.115. The van der Waals surface area contributed by atoms with Gasteiger partial charge in [0.05, 0.1) is 23.6 Å². The number of pyridine rings is 1. The molecule has 1 atom stereocenters. The van der Waals surface area contributed by atoms with Crippen molar-refractivity contribution in [3.63, 3.8) is 0 Å². The summed E-state index contributed by atoms with van der Waals surface area (Å²) < 4.78 is 19.0. The Labute approximate surface area is 244 Å². The number of hydrogen-bond donors (Lipinski definition) is 3. The van der Waals surface area contributed by atoms with E-state index in [0.29, 0.717) is 5.13 Å². The van der Waals surface area contributed by atoms with Crippen LogP contribution in [-0.4, -0.2) is 60.5 Å². The number of ether oxygens (including phenoxy) is 1. The van der Waals surface area contributed by atoms with Gasteiger partial charge >= 0.3 is 6.09 Å². The van der Waals surface area contributed by atoms with Crippen LogP contribution in [0.15, 0.2) is 72.6 Å². The number of alkyl carbamates (subject to hydrolysis) is 1. The van der Waals surface area contributed by atoms with Crippen molar-refractivity contribution in [3.05, 3.63) is 78.2 Å². The zero-order chi connectivity index (χ0) is 29.4. The molecule has 0 saturated heterocycles. The molecular formula is C28H30N6O5S2. The van der Waals surface area contributed by atoms with Gasteiger partial charge in [-0.05, 0) is 56.2 Å². The largest absolute Gasteiger partial charge is 0.444 e. The third kappa shape index (κ3) is 8.82. The smallest absolute Gasteiger partial charge is 0.407 e. The highest BCUT2D eigenvalue weighted by Gasteiger charge is 2.17. The number of benzene rings is 1. The fourth-order valence-electron chi connectivity index (χ4n) is 3.59. The van der Waals surface area contributed by atoms with Crippen LogP contribution in [0.25, 0.3) is 22.4 Å². The van der Waals surface area contributed by atoms with E-state index in [2.05, 4.69) is 25.9 Å². The fourth-order valence-corrected chi connectivity index (χ4v) is 5.24. The Hall–Kier alpha value is -4.36. The molecule has 214 valence electrons. The van der Waals surface area contributed by atoms with Gasteiger partial charge in [-0.15, -0.1) is 11.3 Å². The molecule has 4 aromatic rings. The van der Waals surface area contributed by atoms with E-state index in [9.17, 15) is 18.6 Å². The van der Waals surface area contributed by atoms with Gasteiger partial charge in [0.15, 0.2) is 5.13 Å². The lowest BCUT2D eigenvalue weighted by atomic mass is 10.0. The number of rotatable bonds is 10. The minimum Gasteiger partial charge on any atom is -0.444 e. The number of carbonyl (C=O) groups excluding carboxylic acids is 3. The van der Waals surface area contributed by atoms with Crippen molar-refractivity contribution in [3.8, 4) is 22.4 Å². The summed E-state index contributed by atoms with van der Waals surface area (Å²) in [6.07, 6.45) is 5.80. The van der Waals surface area contributed by atoms with Gasteiger partial charge in [0.1, 0.15) is 16.6 Å². The highest BCUT2D eigenvalue weighted by molar-refractivity contribution is 7.83. The topological polar surface area (TPSA) is 144 Å². The van der Waals surface area contributed by atoms with Gasteiger partial charge in [0.25, 0.3) is 5.91 Å². The maximum atomic E-state index is 12.5. The quantitative estimate of drug-likeness (QED) is 0.251. The summed E-state index contributed by atoms with van der Waals surface area (Å²) in [5.41, 5.74) is 3.32. The Bertz CT molecular complexity index is 1540. The molecule has 0 spiro atoms. The molecule has 0 aliphatic rings. The van der Waals surface area contributed by atoms with Crippen molar-refractivity contribution in [1.29, 1.82) is 0 Å². The molecule has 4 rings (SSSR count). The van der Waals surface area contributed by atoms with E-state index >= 15 is 0 Å². The predicted molar refractivity (Wildman–Crippen MR) is 159 cm³/mol. The summed E-state index contributed by atoms with van der Waals surface area (Å²) in [6.45, 7) is 5.12. The third-order valence-corrected chi connectivity index (χ3v) is 7.45. The number of anilines is 1. The standard InChI is InChI=1S/C28H30N6O5S2/c1-28(2,3)39-27(37)30-12-14-41(38)34-13-9-22(17-34)25(36)31-16-24(35)33-26-32-23(18-40-26)21-6-4-5-20(15-21)19-7-10-29-11-8-19/h4-11,13,15,17-18H,12,14,16H2,1-3H3,(H,30,37)(H,31,36)(H,32,33,35). The van der Waals surface area contributed by atoms with Crippen LogP contribution in [0.3, 0.4) is 0 Å². The second-order valence-electron chi connectivity index (χ2n) is 9.80. The van der Waals surface area contributed by atoms with E-state index in [4.69, 9.17) is 4.74 Å². The Morgan fingerprint density at radius 2 is 1.78 bits per heavy atom. The summed E-state index contributed by atoms with van der Waals surface area (Å²) in [6, 6.07) is 13.3. The monoisotopic (exact) mass is 594 g/mol. The first kappa shape index (κ1) is 29.6. The number of aromatic nitrogens is 3. The summed E-state index contributed by atoms with van der Waals surface area (Å²) >= 11 is 1.29. The summed E-state index contributed by atoms with van der Waals surface area (Å²) in [5, 5.41) is 10.1. The van der Waals surface area contributed by atoms with Crippen LogP contribution >= 0.6 is 11.3 Å². The van der Waals surface area contributed by atoms with Gasteiger partial charge < -0.3 is 20.7 Å². The fraction of sp³-hybridized carbons (Fsp3) is 0.250. The molecule has 0 bridgehead atoms. The van der Waals surface area contributed by atoms with Gasteiger partial charge in [-0.3, -0.25) is 18.5 Å². The summed E-state index contributed by atoms with van der Waals surface area (Å²) in [4.78, 5) is 45.2. The minimum atomic E-state index is -1.51. The highest BCUT2D eigenvalue weighted by atomic mass is 32.2. The molecule has 3 N–H and O–H groups in total. The van der Waals surface area contributed by atoms with E-state index in [-0.39, 0.29) is 24.4 Å². The average Bonchev–Trinajstić information content (AvgIpc) is 3.62. The molecule has 13 heteroatoms. The number of amides is 3. The summed E-state index contributed by atoms with van der Waals surface area (Å²) in [7, 11) is -1.51. The first-order valence-electron chi connectivity index (χ1n) is 12.7. The SMILES string of the molecule is CC(C)(C)OC(=O)NCCS(=O)n1ccc(C(=O)NCC(=O)Nc2nc(-c3cccc(-c4ccncc4)c3)cs2)c1. The van der Waals surface area contributed by atoms with Crippen molar-refractivity contribution < 1.29 is 23.3 Å².